The highest BCUT2D eigenvalue weighted by atomic mass is 32.2. The standard InChI is InChI=1S/C9H13N3O4S/c1-10-12-17(14,15)11-8-5-3-7(4-6-8)9(13)16-2/h3-6,10-12H,1-2H3. The lowest BCUT2D eigenvalue weighted by atomic mass is 10.2. The Labute approximate surface area is 99.3 Å². The lowest BCUT2D eigenvalue weighted by Gasteiger charge is -2.08. The van der Waals surface area contributed by atoms with Crippen LogP contribution in [-0.2, 0) is 14.9 Å². The van der Waals surface area contributed by atoms with Crippen molar-refractivity contribution in [2.45, 2.75) is 0 Å². The van der Waals surface area contributed by atoms with Crippen LogP contribution < -0.4 is 15.0 Å². The zero-order valence-corrected chi connectivity index (χ0v) is 10.2. The third kappa shape index (κ3) is 4.02. The Balaban J connectivity index is 2.79. The highest BCUT2D eigenvalue weighted by molar-refractivity contribution is 7.90. The summed E-state index contributed by atoms with van der Waals surface area (Å²) in [7, 11) is -0.947. The molecule has 1 rings (SSSR count). The van der Waals surface area contributed by atoms with Crippen molar-refractivity contribution in [1.29, 1.82) is 0 Å². The number of hydrogen-bond acceptors (Lipinski definition) is 5. The molecular weight excluding hydrogens is 246 g/mol. The van der Waals surface area contributed by atoms with Crippen LogP contribution in [0, 0.1) is 0 Å². The molecule has 94 valence electrons. The first-order chi connectivity index (χ1) is 7.98. The molecule has 8 heteroatoms. The molecule has 0 saturated carbocycles. The van der Waals surface area contributed by atoms with E-state index in [0.717, 1.165) is 0 Å². The predicted molar refractivity (Wildman–Crippen MR) is 62.5 cm³/mol. The van der Waals surface area contributed by atoms with Crippen molar-refractivity contribution >= 4 is 21.9 Å². The van der Waals surface area contributed by atoms with E-state index in [9.17, 15) is 13.2 Å². The monoisotopic (exact) mass is 259 g/mol. The molecule has 0 atom stereocenters. The highest BCUT2D eigenvalue weighted by Gasteiger charge is 2.09. The smallest absolute Gasteiger partial charge is 0.337 e. The number of anilines is 1. The topological polar surface area (TPSA) is 96.5 Å². The van der Waals surface area contributed by atoms with Gasteiger partial charge in [-0.15, -0.1) is 4.83 Å². The molecule has 0 amide bonds. The number of esters is 1. The fourth-order valence-electron chi connectivity index (χ4n) is 1.11. The number of rotatable bonds is 5. The zero-order valence-electron chi connectivity index (χ0n) is 9.35. The number of nitrogens with one attached hydrogen (secondary N) is 3. The van der Waals surface area contributed by atoms with Gasteiger partial charge in [0.25, 0.3) is 0 Å². The maximum absolute atomic E-state index is 11.3. The minimum atomic E-state index is -3.65. The first-order valence-corrected chi connectivity index (χ1v) is 6.11. The van der Waals surface area contributed by atoms with E-state index in [4.69, 9.17) is 0 Å². The Morgan fingerprint density at radius 3 is 2.29 bits per heavy atom. The SMILES string of the molecule is CNNS(=O)(=O)Nc1ccc(C(=O)OC)cc1. The second kappa shape index (κ2) is 5.62. The summed E-state index contributed by atoms with van der Waals surface area (Å²) in [6.45, 7) is 0. The molecule has 0 aliphatic carbocycles. The summed E-state index contributed by atoms with van der Waals surface area (Å²) in [5, 5.41) is 0. The molecule has 0 fully saturated rings. The van der Waals surface area contributed by atoms with Crippen molar-refractivity contribution in [3.63, 3.8) is 0 Å². The van der Waals surface area contributed by atoms with Crippen LogP contribution in [0.5, 0.6) is 0 Å². The molecule has 0 aliphatic rings. The molecule has 3 N–H and O–H groups in total. The minimum Gasteiger partial charge on any atom is -0.465 e. The van der Waals surface area contributed by atoms with Crippen molar-refractivity contribution in [2.24, 2.45) is 0 Å². The summed E-state index contributed by atoms with van der Waals surface area (Å²) >= 11 is 0. The number of ether oxygens (including phenoxy) is 1. The largest absolute Gasteiger partial charge is 0.465 e. The van der Waals surface area contributed by atoms with Crippen molar-refractivity contribution < 1.29 is 17.9 Å². The quantitative estimate of drug-likeness (QED) is 0.505. The fraction of sp³-hybridized carbons (Fsp3) is 0.222. The number of benzene rings is 1. The van der Waals surface area contributed by atoms with Crippen LogP contribution in [0.15, 0.2) is 24.3 Å². The van der Waals surface area contributed by atoms with Crippen molar-refractivity contribution in [2.75, 3.05) is 18.9 Å². The van der Waals surface area contributed by atoms with Crippen LogP contribution in [0.4, 0.5) is 5.69 Å². The lowest BCUT2D eigenvalue weighted by Crippen LogP contribution is -2.38. The van der Waals surface area contributed by atoms with E-state index in [-0.39, 0.29) is 0 Å². The molecule has 0 unspecified atom stereocenters. The van der Waals surface area contributed by atoms with Gasteiger partial charge in [-0.05, 0) is 31.3 Å². The molecule has 0 heterocycles. The highest BCUT2D eigenvalue weighted by Crippen LogP contribution is 2.11. The molecule has 0 bridgehead atoms. The Hall–Kier alpha value is -1.64. The van der Waals surface area contributed by atoms with Crippen LogP contribution in [0.2, 0.25) is 0 Å². The Morgan fingerprint density at radius 1 is 1.24 bits per heavy atom. The van der Waals surface area contributed by atoms with Crippen LogP contribution in [0.25, 0.3) is 0 Å². The van der Waals surface area contributed by atoms with Crippen LogP contribution >= 0.6 is 0 Å². The van der Waals surface area contributed by atoms with Gasteiger partial charge in [-0.1, -0.05) is 0 Å². The van der Waals surface area contributed by atoms with Gasteiger partial charge in [0.15, 0.2) is 0 Å². The van der Waals surface area contributed by atoms with Gasteiger partial charge in [0.1, 0.15) is 0 Å². The maximum atomic E-state index is 11.3. The number of methoxy groups -OCH3 is 1. The molecule has 17 heavy (non-hydrogen) atoms. The third-order valence-electron chi connectivity index (χ3n) is 1.79. The van der Waals surface area contributed by atoms with Gasteiger partial charge in [-0.3, -0.25) is 4.72 Å². The summed E-state index contributed by atoms with van der Waals surface area (Å²) < 4.78 is 29.4. The Kier molecular flexibility index (Phi) is 4.44. The van der Waals surface area contributed by atoms with Crippen LogP contribution in [0.1, 0.15) is 10.4 Å². The molecule has 0 aromatic heterocycles. The molecule has 1 aromatic rings. The van der Waals surface area contributed by atoms with E-state index >= 15 is 0 Å². The van der Waals surface area contributed by atoms with Gasteiger partial charge in [0.05, 0.1) is 12.7 Å². The van der Waals surface area contributed by atoms with Gasteiger partial charge in [-0.25, -0.2) is 10.2 Å². The average Bonchev–Trinajstić information content (AvgIpc) is 2.28. The second-order valence-electron chi connectivity index (χ2n) is 3.03. The number of carbonyl (C=O) groups excluding carboxylic acids is 1. The summed E-state index contributed by atoms with van der Waals surface area (Å²) in [5.41, 5.74) is 2.97. The normalized spacial score (nSPS) is 10.9. The van der Waals surface area contributed by atoms with E-state index in [2.05, 4.69) is 14.9 Å². The summed E-state index contributed by atoms with van der Waals surface area (Å²) in [6, 6.07) is 5.84. The summed E-state index contributed by atoms with van der Waals surface area (Å²) in [5.74, 6) is -0.479. The molecule has 1 aromatic carbocycles. The zero-order chi connectivity index (χ0) is 12.9. The number of carbonyl (C=O) groups is 1. The Morgan fingerprint density at radius 2 is 1.82 bits per heavy atom. The summed E-state index contributed by atoms with van der Waals surface area (Å²) in [6.07, 6.45) is 0. The molecule has 0 saturated heterocycles. The predicted octanol–water partition coefficient (Wildman–Crippen LogP) is -0.146. The van der Waals surface area contributed by atoms with E-state index in [1.807, 2.05) is 4.83 Å². The fourth-order valence-corrected chi connectivity index (χ4v) is 1.87. The number of hydrogen-bond donors (Lipinski definition) is 3. The first-order valence-electron chi connectivity index (χ1n) is 4.63. The molecule has 7 nitrogen and oxygen atoms in total. The minimum absolute atomic E-state index is 0.334. The van der Waals surface area contributed by atoms with Gasteiger partial charge in [0.2, 0.25) is 0 Å². The van der Waals surface area contributed by atoms with E-state index < -0.39 is 16.2 Å². The van der Waals surface area contributed by atoms with Crippen LogP contribution in [0.3, 0.4) is 0 Å². The first kappa shape index (κ1) is 13.4. The van der Waals surface area contributed by atoms with Crippen molar-refractivity contribution in [3.05, 3.63) is 29.8 Å². The maximum Gasteiger partial charge on any atom is 0.337 e. The van der Waals surface area contributed by atoms with Crippen LogP contribution in [-0.4, -0.2) is 28.5 Å². The lowest BCUT2D eigenvalue weighted by molar-refractivity contribution is 0.0601. The third-order valence-corrected chi connectivity index (χ3v) is 2.77. The van der Waals surface area contributed by atoms with Gasteiger partial charge in [-0.2, -0.15) is 8.42 Å². The summed E-state index contributed by atoms with van der Waals surface area (Å²) in [4.78, 5) is 13.2. The average molecular weight is 259 g/mol. The number of hydrazine groups is 1. The Bertz CT molecular complexity index is 483. The molecular formula is C9H13N3O4S. The van der Waals surface area contributed by atoms with Gasteiger partial charge in [0, 0.05) is 5.69 Å². The van der Waals surface area contributed by atoms with E-state index in [1.54, 1.807) is 0 Å². The second-order valence-corrected chi connectivity index (χ2v) is 4.44. The van der Waals surface area contributed by atoms with Crippen molar-refractivity contribution in [3.8, 4) is 0 Å². The molecule has 0 radical (unpaired) electrons. The molecule has 0 aliphatic heterocycles. The molecule has 0 spiro atoms. The van der Waals surface area contributed by atoms with Gasteiger partial charge < -0.3 is 4.74 Å². The van der Waals surface area contributed by atoms with Gasteiger partial charge >= 0.3 is 16.2 Å². The van der Waals surface area contributed by atoms with Crippen molar-refractivity contribution in [1.82, 2.24) is 10.3 Å². The van der Waals surface area contributed by atoms with E-state index in [1.165, 1.54) is 38.4 Å². The van der Waals surface area contributed by atoms with E-state index in [0.29, 0.717) is 11.3 Å².